The molecule has 2 aromatic carbocycles. The molecule has 0 saturated carbocycles. The molecule has 0 unspecified atom stereocenters. The maximum absolute atomic E-state index is 13.4. The quantitative estimate of drug-likeness (QED) is 0.721. The van der Waals surface area contributed by atoms with Crippen LogP contribution in [0.4, 0.5) is 25.0 Å². The number of likely N-dealkylation sites (N-methyl/N-ethyl adjacent to an activating group) is 1. The number of amides is 4. The molecule has 0 atom stereocenters. The highest BCUT2D eigenvalue weighted by atomic mass is 19.1. The first kappa shape index (κ1) is 20.0. The van der Waals surface area contributed by atoms with Crippen molar-refractivity contribution >= 4 is 29.2 Å². The van der Waals surface area contributed by atoms with E-state index in [9.17, 15) is 23.2 Å². The zero-order valence-corrected chi connectivity index (χ0v) is 14.5. The van der Waals surface area contributed by atoms with E-state index in [2.05, 4.69) is 10.6 Å². The minimum Gasteiger partial charge on any atom is -0.325 e. The molecule has 27 heavy (non-hydrogen) atoms. The van der Waals surface area contributed by atoms with Crippen molar-refractivity contribution in [1.29, 1.82) is 0 Å². The fourth-order valence-electron chi connectivity index (χ4n) is 2.20. The molecule has 0 heterocycles. The molecule has 142 valence electrons. The number of rotatable bonds is 6. The van der Waals surface area contributed by atoms with E-state index in [1.54, 1.807) is 0 Å². The summed E-state index contributed by atoms with van der Waals surface area (Å²) in [5, 5.41) is 6.75. The van der Waals surface area contributed by atoms with Crippen molar-refractivity contribution in [1.82, 2.24) is 10.2 Å². The maximum Gasteiger partial charge on any atom is 0.326 e. The van der Waals surface area contributed by atoms with Gasteiger partial charge in [-0.15, -0.1) is 0 Å². The number of hydrogen-bond acceptors (Lipinski definition) is 4. The van der Waals surface area contributed by atoms with Gasteiger partial charge in [-0.05, 0) is 37.4 Å². The number of nitrogens with one attached hydrogen (secondary N) is 3. The lowest BCUT2D eigenvalue weighted by atomic mass is 10.3. The van der Waals surface area contributed by atoms with E-state index >= 15 is 0 Å². The number of halogens is 2. The standard InChI is InChI=1S/C18H18F2N4O3/c1-24(10-16(25)21-13-6-4-5-12(19)9-13)11-17(26)23-18(27)22-15-8-3-2-7-14(15)20/h2-9H,10-11H2,1H3,(H,21,25)(H2,22,23,26,27). The highest BCUT2D eigenvalue weighted by Crippen LogP contribution is 2.12. The van der Waals surface area contributed by atoms with Gasteiger partial charge >= 0.3 is 6.03 Å². The second kappa shape index (κ2) is 9.39. The van der Waals surface area contributed by atoms with Crippen LogP contribution in [0.15, 0.2) is 48.5 Å². The SMILES string of the molecule is CN(CC(=O)NC(=O)Nc1ccccc1F)CC(=O)Nc1cccc(F)c1. The number of carbonyl (C=O) groups excluding carboxylic acids is 3. The maximum atomic E-state index is 13.4. The lowest BCUT2D eigenvalue weighted by Gasteiger charge is -2.16. The monoisotopic (exact) mass is 376 g/mol. The predicted molar refractivity (Wildman–Crippen MR) is 96.1 cm³/mol. The first-order chi connectivity index (χ1) is 12.8. The molecule has 7 nitrogen and oxygen atoms in total. The summed E-state index contributed by atoms with van der Waals surface area (Å²) in [5.41, 5.74) is 0.229. The normalized spacial score (nSPS) is 10.4. The third-order valence-corrected chi connectivity index (χ3v) is 3.31. The number of hydrogen-bond donors (Lipinski definition) is 3. The van der Waals surface area contributed by atoms with Crippen LogP contribution >= 0.6 is 0 Å². The van der Waals surface area contributed by atoms with Crippen LogP contribution in [-0.4, -0.2) is 42.9 Å². The Kier molecular flexibility index (Phi) is 6.95. The molecule has 4 amide bonds. The van der Waals surface area contributed by atoms with Gasteiger partial charge in [-0.2, -0.15) is 0 Å². The van der Waals surface area contributed by atoms with Crippen molar-refractivity contribution in [2.24, 2.45) is 0 Å². The minimum absolute atomic E-state index is 0.0642. The summed E-state index contributed by atoms with van der Waals surface area (Å²) in [5.74, 6) is -2.25. The summed E-state index contributed by atoms with van der Waals surface area (Å²) < 4.78 is 26.5. The molecule has 0 aliphatic heterocycles. The summed E-state index contributed by atoms with van der Waals surface area (Å²) in [6.45, 7) is -0.403. The number of urea groups is 1. The van der Waals surface area contributed by atoms with Crippen LogP contribution < -0.4 is 16.0 Å². The fraction of sp³-hybridized carbons (Fsp3) is 0.167. The highest BCUT2D eigenvalue weighted by molar-refractivity contribution is 6.02. The number of para-hydroxylation sites is 1. The van der Waals surface area contributed by atoms with Crippen LogP contribution in [0.3, 0.4) is 0 Å². The molecule has 0 fully saturated rings. The zero-order chi connectivity index (χ0) is 19.8. The first-order valence-corrected chi connectivity index (χ1v) is 7.93. The van der Waals surface area contributed by atoms with E-state index in [4.69, 9.17) is 0 Å². The highest BCUT2D eigenvalue weighted by Gasteiger charge is 2.14. The van der Waals surface area contributed by atoms with Gasteiger partial charge < -0.3 is 10.6 Å². The van der Waals surface area contributed by atoms with Gasteiger partial charge in [0.2, 0.25) is 11.8 Å². The Morgan fingerprint density at radius 3 is 2.33 bits per heavy atom. The van der Waals surface area contributed by atoms with Crippen LogP contribution in [0.1, 0.15) is 0 Å². The topological polar surface area (TPSA) is 90.5 Å². The minimum atomic E-state index is -0.886. The molecule has 0 aliphatic carbocycles. The Morgan fingerprint density at radius 2 is 1.63 bits per heavy atom. The average molecular weight is 376 g/mol. The largest absolute Gasteiger partial charge is 0.326 e. The Labute approximate surface area is 154 Å². The molecule has 0 aliphatic rings. The molecule has 3 N–H and O–H groups in total. The van der Waals surface area contributed by atoms with Gasteiger partial charge in [0.1, 0.15) is 11.6 Å². The molecule has 9 heteroatoms. The fourth-order valence-corrected chi connectivity index (χ4v) is 2.20. The van der Waals surface area contributed by atoms with Crippen molar-refractivity contribution in [2.75, 3.05) is 30.8 Å². The number of imide groups is 1. The Morgan fingerprint density at radius 1 is 0.926 bits per heavy atom. The summed E-state index contributed by atoms with van der Waals surface area (Å²) >= 11 is 0. The van der Waals surface area contributed by atoms with Gasteiger partial charge in [0.25, 0.3) is 0 Å². The van der Waals surface area contributed by atoms with E-state index in [1.165, 1.54) is 54.4 Å². The van der Waals surface area contributed by atoms with Crippen molar-refractivity contribution < 1.29 is 23.2 Å². The smallest absolute Gasteiger partial charge is 0.325 e. The average Bonchev–Trinajstić information content (AvgIpc) is 2.56. The van der Waals surface area contributed by atoms with Crippen molar-refractivity contribution in [3.8, 4) is 0 Å². The number of carbonyl (C=O) groups is 3. The van der Waals surface area contributed by atoms with Crippen LogP contribution in [0.2, 0.25) is 0 Å². The number of benzene rings is 2. The Hall–Kier alpha value is -3.33. The summed E-state index contributed by atoms with van der Waals surface area (Å²) in [6, 6.07) is 10.0. The van der Waals surface area contributed by atoms with Gasteiger partial charge in [-0.3, -0.25) is 19.8 Å². The zero-order valence-electron chi connectivity index (χ0n) is 14.5. The van der Waals surface area contributed by atoms with Crippen LogP contribution in [0, 0.1) is 11.6 Å². The summed E-state index contributed by atoms with van der Waals surface area (Å²) in [4.78, 5) is 36.8. The molecule has 0 spiro atoms. The Balaban J connectivity index is 1.76. The molecule has 0 saturated heterocycles. The van der Waals surface area contributed by atoms with E-state index in [-0.39, 0.29) is 18.8 Å². The van der Waals surface area contributed by atoms with Gasteiger partial charge in [0, 0.05) is 5.69 Å². The second-order valence-corrected chi connectivity index (χ2v) is 5.71. The van der Waals surface area contributed by atoms with Crippen molar-refractivity contribution in [3.63, 3.8) is 0 Å². The van der Waals surface area contributed by atoms with Crippen molar-refractivity contribution in [2.45, 2.75) is 0 Å². The van der Waals surface area contributed by atoms with E-state index in [0.717, 1.165) is 6.07 Å². The van der Waals surface area contributed by atoms with Crippen LogP contribution in [0.5, 0.6) is 0 Å². The Bertz CT molecular complexity index is 845. The molecular weight excluding hydrogens is 358 g/mol. The third-order valence-electron chi connectivity index (χ3n) is 3.31. The molecule has 0 aromatic heterocycles. The molecule has 2 aromatic rings. The molecular formula is C18H18F2N4O3. The first-order valence-electron chi connectivity index (χ1n) is 7.93. The molecule has 0 bridgehead atoms. The van der Waals surface area contributed by atoms with Gasteiger partial charge in [0.05, 0.1) is 18.8 Å². The number of nitrogens with zero attached hydrogens (tertiary/aromatic N) is 1. The summed E-state index contributed by atoms with van der Waals surface area (Å²) in [6.07, 6.45) is 0. The second-order valence-electron chi connectivity index (χ2n) is 5.71. The molecule has 2 rings (SSSR count). The van der Waals surface area contributed by atoms with Crippen LogP contribution in [0.25, 0.3) is 0 Å². The van der Waals surface area contributed by atoms with Crippen molar-refractivity contribution in [3.05, 3.63) is 60.2 Å². The summed E-state index contributed by atoms with van der Waals surface area (Å²) in [7, 11) is 1.50. The van der Waals surface area contributed by atoms with E-state index in [1.807, 2.05) is 5.32 Å². The lowest BCUT2D eigenvalue weighted by molar-refractivity contribution is -0.121. The number of anilines is 2. The van der Waals surface area contributed by atoms with E-state index in [0.29, 0.717) is 5.69 Å². The van der Waals surface area contributed by atoms with E-state index < -0.39 is 29.5 Å². The molecule has 0 radical (unpaired) electrons. The van der Waals surface area contributed by atoms with Gasteiger partial charge in [0.15, 0.2) is 0 Å². The lowest BCUT2D eigenvalue weighted by Crippen LogP contribution is -2.42. The van der Waals surface area contributed by atoms with Gasteiger partial charge in [-0.1, -0.05) is 18.2 Å². The third kappa shape index (κ3) is 6.83. The van der Waals surface area contributed by atoms with Crippen LogP contribution in [-0.2, 0) is 9.59 Å². The van der Waals surface area contributed by atoms with Gasteiger partial charge in [-0.25, -0.2) is 13.6 Å². The predicted octanol–water partition coefficient (Wildman–Crippen LogP) is 2.18.